The molecule has 0 amide bonds. The normalized spacial score (nSPS) is 17.5. The summed E-state index contributed by atoms with van der Waals surface area (Å²) in [6.45, 7) is 1.44. The minimum absolute atomic E-state index is 0.0368. The van der Waals surface area contributed by atoms with E-state index in [-0.39, 0.29) is 49.5 Å². The van der Waals surface area contributed by atoms with Gasteiger partial charge in [0.25, 0.3) is 0 Å². The summed E-state index contributed by atoms with van der Waals surface area (Å²) in [5, 5.41) is 9.67. The van der Waals surface area contributed by atoms with E-state index in [1.807, 2.05) is 0 Å². The van der Waals surface area contributed by atoms with Crippen molar-refractivity contribution in [2.45, 2.75) is 17.9 Å². The van der Waals surface area contributed by atoms with Crippen LogP contribution in [-0.2, 0) is 25.9 Å². The third-order valence-electron chi connectivity index (χ3n) is 4.30. The van der Waals surface area contributed by atoms with Gasteiger partial charge in [0.15, 0.2) is 9.84 Å². The van der Waals surface area contributed by atoms with Gasteiger partial charge in [0.2, 0.25) is 0 Å². The van der Waals surface area contributed by atoms with Crippen LogP contribution in [0.25, 0.3) is 10.9 Å². The Bertz CT molecular complexity index is 1000. The summed E-state index contributed by atoms with van der Waals surface area (Å²) in [6, 6.07) is 1.37. The number of sulfone groups is 1. The van der Waals surface area contributed by atoms with E-state index in [1.54, 1.807) is 0 Å². The molecule has 2 heterocycles. The zero-order valence-corrected chi connectivity index (χ0v) is 16.7. The summed E-state index contributed by atoms with van der Waals surface area (Å²) in [6.07, 6.45) is 3.12. The van der Waals surface area contributed by atoms with Gasteiger partial charge in [-0.05, 0) is 12.5 Å². The van der Waals surface area contributed by atoms with Crippen molar-refractivity contribution >= 4 is 49.9 Å². The fourth-order valence-electron chi connectivity index (χ4n) is 3.12. The summed E-state index contributed by atoms with van der Waals surface area (Å²) in [5.74, 6) is -1.11. The van der Waals surface area contributed by atoms with Crippen LogP contribution < -0.4 is 0 Å². The van der Waals surface area contributed by atoms with Crippen LogP contribution in [0.2, 0.25) is 10.0 Å². The Labute approximate surface area is 166 Å². The molecule has 0 bridgehead atoms. The van der Waals surface area contributed by atoms with Gasteiger partial charge in [-0.3, -0.25) is 4.98 Å². The van der Waals surface area contributed by atoms with Gasteiger partial charge in [-0.25, -0.2) is 13.2 Å². The third-order valence-corrected chi connectivity index (χ3v) is 6.13. The number of aromatic carboxylic acids is 1. The lowest BCUT2D eigenvalue weighted by Gasteiger charge is -2.17. The summed E-state index contributed by atoms with van der Waals surface area (Å²) in [4.78, 5) is 15.6. The molecular formula is C17H17Cl2NO6S. The predicted molar refractivity (Wildman–Crippen MR) is 100 cm³/mol. The summed E-state index contributed by atoms with van der Waals surface area (Å²) < 4.78 is 35.9. The highest BCUT2D eigenvalue weighted by molar-refractivity contribution is 7.91. The molecular weight excluding hydrogens is 417 g/mol. The molecule has 1 N–H and O–H groups in total. The molecule has 146 valence electrons. The first kappa shape index (κ1) is 20.3. The second kappa shape index (κ2) is 7.89. The molecule has 1 aliphatic rings. The predicted octanol–water partition coefficient (Wildman–Crippen LogP) is 3.20. The Morgan fingerprint density at radius 3 is 2.78 bits per heavy atom. The first-order chi connectivity index (χ1) is 12.7. The average Bonchev–Trinajstić information content (AvgIpc) is 3.07. The molecule has 1 saturated heterocycles. The van der Waals surface area contributed by atoms with Crippen LogP contribution in [0.1, 0.15) is 22.3 Å². The molecule has 7 nitrogen and oxygen atoms in total. The highest BCUT2D eigenvalue weighted by Gasteiger charge is 2.28. The molecule has 1 aliphatic heterocycles. The lowest BCUT2D eigenvalue weighted by Crippen LogP contribution is -2.14. The van der Waals surface area contributed by atoms with Crippen molar-refractivity contribution < 1.29 is 27.8 Å². The second-order valence-corrected chi connectivity index (χ2v) is 9.14. The molecule has 3 rings (SSSR count). The van der Waals surface area contributed by atoms with Crippen LogP contribution in [0.15, 0.2) is 17.2 Å². The Hall–Kier alpha value is -1.45. The standard InChI is InChI=1S/C17H17Cl2NO6S/c1-27(23,24)16-11-4-10(18)5-20-15(11)13(17(21)22)14(19)12(16)8-26-7-9-2-3-25-6-9/h4-5,9H,2-3,6-8H2,1H3,(H,21,22). The van der Waals surface area contributed by atoms with Crippen molar-refractivity contribution in [3.05, 3.63) is 33.4 Å². The first-order valence-electron chi connectivity index (χ1n) is 8.08. The van der Waals surface area contributed by atoms with Gasteiger partial charge < -0.3 is 14.6 Å². The number of nitrogens with zero attached hydrogens (tertiary/aromatic N) is 1. The lowest BCUT2D eigenvalue weighted by atomic mass is 10.0. The quantitative estimate of drug-likeness (QED) is 0.745. The van der Waals surface area contributed by atoms with E-state index in [2.05, 4.69) is 4.98 Å². The molecule has 0 radical (unpaired) electrons. The maximum atomic E-state index is 12.5. The summed E-state index contributed by atoms with van der Waals surface area (Å²) in [7, 11) is -3.77. The van der Waals surface area contributed by atoms with Crippen LogP contribution in [0.5, 0.6) is 0 Å². The molecule has 27 heavy (non-hydrogen) atoms. The number of rotatable bonds is 6. The average molecular weight is 434 g/mol. The van der Waals surface area contributed by atoms with Gasteiger partial charge in [0.05, 0.1) is 40.3 Å². The van der Waals surface area contributed by atoms with Crippen molar-refractivity contribution in [2.75, 3.05) is 26.1 Å². The highest BCUT2D eigenvalue weighted by Crippen LogP contribution is 2.37. The number of benzene rings is 1. The Balaban J connectivity index is 2.16. The maximum absolute atomic E-state index is 12.5. The number of pyridine rings is 1. The molecule has 1 fully saturated rings. The van der Waals surface area contributed by atoms with Crippen molar-refractivity contribution in [1.29, 1.82) is 0 Å². The summed E-state index contributed by atoms with van der Waals surface area (Å²) >= 11 is 12.3. The van der Waals surface area contributed by atoms with E-state index in [9.17, 15) is 18.3 Å². The van der Waals surface area contributed by atoms with Crippen LogP contribution in [0.3, 0.4) is 0 Å². The molecule has 1 unspecified atom stereocenters. The number of halogens is 2. The zero-order valence-electron chi connectivity index (χ0n) is 14.4. The van der Waals surface area contributed by atoms with E-state index in [1.165, 1.54) is 12.3 Å². The smallest absolute Gasteiger partial charge is 0.339 e. The van der Waals surface area contributed by atoms with E-state index >= 15 is 0 Å². The van der Waals surface area contributed by atoms with Gasteiger partial charge in [-0.2, -0.15) is 0 Å². The summed E-state index contributed by atoms with van der Waals surface area (Å²) in [5.41, 5.74) is -0.226. The Kier molecular flexibility index (Phi) is 5.93. The van der Waals surface area contributed by atoms with Crippen molar-refractivity contribution in [3.8, 4) is 0 Å². The van der Waals surface area contributed by atoms with Crippen LogP contribution in [0.4, 0.5) is 0 Å². The topological polar surface area (TPSA) is 103 Å². The minimum atomic E-state index is -3.77. The van der Waals surface area contributed by atoms with E-state index < -0.39 is 15.8 Å². The van der Waals surface area contributed by atoms with Gasteiger partial charge in [-0.15, -0.1) is 0 Å². The number of carboxylic acid groups (broad SMARTS) is 1. The first-order valence-corrected chi connectivity index (χ1v) is 10.7. The van der Waals surface area contributed by atoms with Crippen molar-refractivity contribution in [3.63, 3.8) is 0 Å². The SMILES string of the molecule is CS(=O)(=O)c1c(COCC2CCOC2)c(Cl)c(C(=O)O)c2ncc(Cl)cc12. The molecule has 10 heteroatoms. The number of hydrogen-bond donors (Lipinski definition) is 1. The van der Waals surface area contributed by atoms with Gasteiger partial charge in [0.1, 0.15) is 5.56 Å². The Morgan fingerprint density at radius 1 is 1.44 bits per heavy atom. The van der Waals surface area contributed by atoms with E-state index in [4.69, 9.17) is 32.7 Å². The van der Waals surface area contributed by atoms with Crippen molar-refractivity contribution in [1.82, 2.24) is 4.98 Å². The zero-order chi connectivity index (χ0) is 19.8. The minimum Gasteiger partial charge on any atom is -0.478 e. The highest BCUT2D eigenvalue weighted by atomic mass is 35.5. The number of carboxylic acids is 1. The molecule has 1 atom stereocenters. The van der Waals surface area contributed by atoms with E-state index in [0.717, 1.165) is 12.7 Å². The molecule has 0 saturated carbocycles. The number of fused-ring (bicyclic) bond motifs is 1. The fourth-order valence-corrected chi connectivity index (χ4v) is 4.82. The number of carbonyl (C=O) groups is 1. The van der Waals surface area contributed by atoms with Crippen LogP contribution in [0, 0.1) is 5.92 Å². The van der Waals surface area contributed by atoms with Gasteiger partial charge >= 0.3 is 5.97 Å². The number of aromatic nitrogens is 1. The molecule has 1 aromatic carbocycles. The fraction of sp³-hybridized carbons (Fsp3) is 0.412. The van der Waals surface area contributed by atoms with Gasteiger partial charge in [-0.1, -0.05) is 23.2 Å². The molecule has 1 aromatic heterocycles. The third kappa shape index (κ3) is 4.20. The molecule has 2 aromatic rings. The van der Waals surface area contributed by atoms with Crippen molar-refractivity contribution in [2.24, 2.45) is 5.92 Å². The lowest BCUT2D eigenvalue weighted by molar-refractivity contribution is 0.0696. The van der Waals surface area contributed by atoms with Crippen LogP contribution in [-0.4, -0.2) is 50.6 Å². The second-order valence-electron chi connectivity index (χ2n) is 6.37. The molecule has 0 spiro atoms. The number of ether oxygens (including phenoxy) is 2. The van der Waals surface area contributed by atoms with E-state index in [0.29, 0.717) is 19.8 Å². The monoisotopic (exact) mass is 433 g/mol. The maximum Gasteiger partial charge on any atom is 0.339 e. The Morgan fingerprint density at radius 2 is 2.19 bits per heavy atom. The van der Waals surface area contributed by atoms with Crippen LogP contribution >= 0.6 is 23.2 Å². The largest absolute Gasteiger partial charge is 0.478 e. The van der Waals surface area contributed by atoms with Gasteiger partial charge in [0, 0.05) is 35.9 Å². The molecule has 0 aliphatic carbocycles. The number of hydrogen-bond acceptors (Lipinski definition) is 6.